The highest BCUT2D eigenvalue weighted by Crippen LogP contribution is 2.25. The van der Waals surface area contributed by atoms with Crippen LogP contribution in [0.5, 0.6) is 0 Å². The fourth-order valence-electron chi connectivity index (χ4n) is 2.03. The molecule has 0 aliphatic carbocycles. The molecular formula is C12H17N5O. The minimum Gasteiger partial charge on any atom is -0.330 e. The molecule has 1 unspecified atom stereocenters. The van der Waals surface area contributed by atoms with Crippen molar-refractivity contribution in [3.8, 4) is 0 Å². The van der Waals surface area contributed by atoms with E-state index in [1.54, 1.807) is 18.6 Å². The van der Waals surface area contributed by atoms with E-state index < -0.39 is 0 Å². The molecule has 0 spiro atoms. The normalized spacial score (nSPS) is 19.2. The summed E-state index contributed by atoms with van der Waals surface area (Å²) >= 11 is 0. The van der Waals surface area contributed by atoms with Crippen molar-refractivity contribution in [2.45, 2.75) is 26.2 Å². The van der Waals surface area contributed by atoms with Gasteiger partial charge in [0, 0.05) is 12.4 Å². The number of carbonyl (C=O) groups excluding carboxylic acids is 1. The minimum absolute atomic E-state index is 0.0270. The van der Waals surface area contributed by atoms with Gasteiger partial charge in [0.25, 0.3) is 5.91 Å². The maximum atomic E-state index is 12.3. The van der Waals surface area contributed by atoms with Gasteiger partial charge in [-0.15, -0.1) is 0 Å². The van der Waals surface area contributed by atoms with Gasteiger partial charge in [-0.2, -0.15) is 10.1 Å². The van der Waals surface area contributed by atoms with Gasteiger partial charge in [0.15, 0.2) is 5.82 Å². The molecule has 1 amide bonds. The number of hydrogen-bond acceptors (Lipinski definition) is 5. The van der Waals surface area contributed by atoms with Crippen LogP contribution in [-0.4, -0.2) is 28.1 Å². The first-order valence-electron chi connectivity index (χ1n) is 6.15. The fraction of sp³-hybridized carbons (Fsp3) is 0.500. The van der Waals surface area contributed by atoms with Crippen molar-refractivity contribution in [2.24, 2.45) is 16.8 Å². The number of nitrogens with zero attached hydrogens (tertiary/aromatic N) is 4. The molecule has 1 atom stereocenters. The number of carbonyl (C=O) groups is 1. The van der Waals surface area contributed by atoms with E-state index in [4.69, 9.17) is 5.73 Å². The standard InChI is InChI=1S/C12H17N5O/c1-2-10-9(4-3-5-13)12(18)17(16-10)11-8-14-6-7-15-11/h6-9H,2-5,13H2,1H3. The van der Waals surface area contributed by atoms with E-state index in [2.05, 4.69) is 15.1 Å². The Labute approximate surface area is 106 Å². The Bertz CT molecular complexity index is 445. The van der Waals surface area contributed by atoms with E-state index >= 15 is 0 Å². The Morgan fingerprint density at radius 1 is 1.44 bits per heavy atom. The van der Waals surface area contributed by atoms with Crippen LogP contribution < -0.4 is 10.7 Å². The smallest absolute Gasteiger partial charge is 0.257 e. The highest BCUT2D eigenvalue weighted by Gasteiger charge is 2.35. The van der Waals surface area contributed by atoms with Gasteiger partial charge in [-0.3, -0.25) is 9.78 Å². The van der Waals surface area contributed by atoms with Crippen molar-refractivity contribution in [1.29, 1.82) is 0 Å². The predicted octanol–water partition coefficient (Wildman–Crippen LogP) is 0.944. The predicted molar refractivity (Wildman–Crippen MR) is 69.0 cm³/mol. The van der Waals surface area contributed by atoms with E-state index in [9.17, 15) is 4.79 Å². The second-order valence-corrected chi connectivity index (χ2v) is 4.14. The SMILES string of the molecule is CCC1=NN(c2cnccn2)C(=O)C1CCCN. The molecule has 0 radical (unpaired) electrons. The quantitative estimate of drug-likeness (QED) is 0.839. The molecule has 6 heteroatoms. The molecule has 2 N–H and O–H groups in total. The van der Waals surface area contributed by atoms with Crippen LogP contribution >= 0.6 is 0 Å². The van der Waals surface area contributed by atoms with Gasteiger partial charge in [-0.1, -0.05) is 6.92 Å². The average Bonchev–Trinajstić information content (AvgIpc) is 2.74. The van der Waals surface area contributed by atoms with Crippen LogP contribution in [-0.2, 0) is 4.79 Å². The minimum atomic E-state index is -0.152. The molecule has 1 aliphatic rings. The van der Waals surface area contributed by atoms with Gasteiger partial charge >= 0.3 is 0 Å². The second kappa shape index (κ2) is 5.68. The largest absolute Gasteiger partial charge is 0.330 e. The van der Waals surface area contributed by atoms with Gasteiger partial charge in [-0.05, 0) is 25.8 Å². The molecule has 96 valence electrons. The van der Waals surface area contributed by atoms with Crippen LogP contribution in [0.15, 0.2) is 23.7 Å². The maximum Gasteiger partial charge on any atom is 0.257 e. The van der Waals surface area contributed by atoms with Crippen molar-refractivity contribution in [3.05, 3.63) is 18.6 Å². The monoisotopic (exact) mass is 247 g/mol. The summed E-state index contributed by atoms with van der Waals surface area (Å²) in [7, 11) is 0. The van der Waals surface area contributed by atoms with Crippen LogP contribution in [0.2, 0.25) is 0 Å². The third-order valence-corrected chi connectivity index (χ3v) is 2.96. The Hall–Kier alpha value is -1.82. The molecule has 0 saturated heterocycles. The van der Waals surface area contributed by atoms with Crippen molar-refractivity contribution in [2.75, 3.05) is 11.6 Å². The summed E-state index contributed by atoms with van der Waals surface area (Å²) in [5.74, 6) is 0.296. The molecular weight excluding hydrogens is 230 g/mol. The molecule has 1 aromatic rings. The van der Waals surface area contributed by atoms with Gasteiger partial charge in [0.2, 0.25) is 0 Å². The first kappa shape index (κ1) is 12.6. The van der Waals surface area contributed by atoms with Gasteiger partial charge in [0.1, 0.15) is 0 Å². The maximum absolute atomic E-state index is 12.3. The zero-order chi connectivity index (χ0) is 13.0. The molecule has 18 heavy (non-hydrogen) atoms. The molecule has 0 aromatic carbocycles. The number of amides is 1. The second-order valence-electron chi connectivity index (χ2n) is 4.14. The third kappa shape index (κ3) is 2.38. The van der Waals surface area contributed by atoms with E-state index in [1.807, 2.05) is 6.92 Å². The number of hydrogen-bond donors (Lipinski definition) is 1. The Morgan fingerprint density at radius 2 is 2.28 bits per heavy atom. The van der Waals surface area contributed by atoms with E-state index in [-0.39, 0.29) is 11.8 Å². The Balaban J connectivity index is 2.20. The van der Waals surface area contributed by atoms with Crippen molar-refractivity contribution < 1.29 is 4.79 Å². The number of hydrazone groups is 1. The van der Waals surface area contributed by atoms with Gasteiger partial charge in [0.05, 0.1) is 17.8 Å². The highest BCUT2D eigenvalue weighted by atomic mass is 16.2. The van der Waals surface area contributed by atoms with Gasteiger partial charge < -0.3 is 5.73 Å². The van der Waals surface area contributed by atoms with Crippen LogP contribution in [0, 0.1) is 5.92 Å². The summed E-state index contributed by atoms with van der Waals surface area (Å²) in [6.45, 7) is 2.59. The first-order chi connectivity index (χ1) is 8.77. The molecule has 0 fully saturated rings. The molecule has 0 saturated carbocycles. The zero-order valence-electron chi connectivity index (χ0n) is 10.4. The summed E-state index contributed by atoms with van der Waals surface area (Å²) in [6.07, 6.45) is 7.00. The zero-order valence-corrected chi connectivity index (χ0v) is 10.4. The van der Waals surface area contributed by atoms with Crippen LogP contribution in [0.25, 0.3) is 0 Å². The lowest BCUT2D eigenvalue weighted by Gasteiger charge is -2.12. The molecule has 1 aliphatic heterocycles. The molecule has 1 aromatic heterocycles. The summed E-state index contributed by atoms with van der Waals surface area (Å²) in [4.78, 5) is 20.3. The summed E-state index contributed by atoms with van der Waals surface area (Å²) in [5.41, 5.74) is 6.40. The lowest BCUT2D eigenvalue weighted by Crippen LogP contribution is -2.28. The lowest BCUT2D eigenvalue weighted by atomic mass is 9.96. The van der Waals surface area contributed by atoms with Crippen LogP contribution in [0.4, 0.5) is 5.82 Å². The number of aromatic nitrogens is 2. The van der Waals surface area contributed by atoms with Crippen molar-refractivity contribution >= 4 is 17.4 Å². The summed E-state index contributed by atoms with van der Waals surface area (Å²) < 4.78 is 0. The van der Waals surface area contributed by atoms with Crippen molar-refractivity contribution in [3.63, 3.8) is 0 Å². The topological polar surface area (TPSA) is 84.5 Å². The van der Waals surface area contributed by atoms with E-state index in [1.165, 1.54) is 5.01 Å². The summed E-state index contributed by atoms with van der Waals surface area (Å²) in [5, 5.41) is 5.70. The number of anilines is 1. The van der Waals surface area contributed by atoms with Crippen molar-refractivity contribution in [1.82, 2.24) is 9.97 Å². The average molecular weight is 247 g/mol. The number of rotatable bonds is 5. The Morgan fingerprint density at radius 3 is 2.89 bits per heavy atom. The molecule has 0 bridgehead atoms. The fourth-order valence-corrected chi connectivity index (χ4v) is 2.03. The molecule has 2 rings (SSSR count). The lowest BCUT2D eigenvalue weighted by molar-refractivity contribution is -0.120. The van der Waals surface area contributed by atoms with E-state index in [0.29, 0.717) is 12.4 Å². The third-order valence-electron chi connectivity index (χ3n) is 2.96. The highest BCUT2D eigenvalue weighted by molar-refractivity contribution is 6.15. The van der Waals surface area contributed by atoms with E-state index in [0.717, 1.165) is 25.0 Å². The molecule has 6 nitrogen and oxygen atoms in total. The number of nitrogens with two attached hydrogens (primary N) is 1. The van der Waals surface area contributed by atoms with Gasteiger partial charge in [-0.25, -0.2) is 4.98 Å². The summed E-state index contributed by atoms with van der Waals surface area (Å²) in [6, 6.07) is 0. The van der Waals surface area contributed by atoms with Crippen LogP contribution in [0.1, 0.15) is 26.2 Å². The first-order valence-corrected chi connectivity index (χ1v) is 6.15. The van der Waals surface area contributed by atoms with Crippen LogP contribution in [0.3, 0.4) is 0 Å². The molecule has 2 heterocycles. The Kier molecular flexibility index (Phi) is 3.99.